The lowest BCUT2D eigenvalue weighted by Crippen LogP contribution is -2.40. The fourth-order valence-corrected chi connectivity index (χ4v) is 3.04. The van der Waals surface area contributed by atoms with E-state index in [4.69, 9.17) is 5.11 Å². The maximum absolute atomic E-state index is 13.6. The van der Waals surface area contributed by atoms with Crippen molar-refractivity contribution in [3.05, 3.63) is 35.6 Å². The monoisotopic (exact) mass is 307 g/mol. The molecule has 0 bridgehead atoms. The lowest BCUT2D eigenvalue weighted by Gasteiger charge is -2.28. The molecule has 22 heavy (non-hydrogen) atoms. The second-order valence-corrected chi connectivity index (χ2v) is 6.44. The Bertz CT molecular complexity index is 484. The first-order valence-corrected chi connectivity index (χ1v) is 8.24. The van der Waals surface area contributed by atoms with Crippen LogP contribution in [0.4, 0.5) is 4.39 Å². The maximum Gasteiger partial charge on any atom is 0.223 e. The van der Waals surface area contributed by atoms with Gasteiger partial charge in [0.25, 0.3) is 0 Å². The van der Waals surface area contributed by atoms with Crippen LogP contribution in [0, 0.1) is 17.7 Å². The molecule has 0 aliphatic heterocycles. The Labute approximate surface area is 131 Å². The van der Waals surface area contributed by atoms with Crippen LogP contribution in [0.2, 0.25) is 0 Å². The van der Waals surface area contributed by atoms with E-state index in [0.29, 0.717) is 24.3 Å². The van der Waals surface area contributed by atoms with Gasteiger partial charge in [-0.15, -0.1) is 0 Å². The molecule has 0 radical (unpaired) electrons. The number of hydrogen-bond acceptors (Lipinski definition) is 2. The van der Waals surface area contributed by atoms with Crippen LogP contribution in [0.3, 0.4) is 0 Å². The fraction of sp³-hybridized carbons (Fsp3) is 0.611. The minimum Gasteiger partial charge on any atom is -0.396 e. The number of hydrogen-bond donors (Lipinski definition) is 2. The van der Waals surface area contributed by atoms with Gasteiger partial charge in [-0.05, 0) is 56.1 Å². The number of halogens is 1. The Balaban J connectivity index is 1.74. The predicted octanol–water partition coefficient (Wildman–Crippen LogP) is 3.06. The Morgan fingerprint density at radius 1 is 1.32 bits per heavy atom. The molecule has 1 aromatic carbocycles. The molecule has 122 valence electrons. The third kappa shape index (κ3) is 4.80. The molecule has 0 aromatic heterocycles. The summed E-state index contributed by atoms with van der Waals surface area (Å²) in [4.78, 5) is 12.2. The summed E-state index contributed by atoms with van der Waals surface area (Å²) in [6.45, 7) is 2.15. The Morgan fingerprint density at radius 2 is 2.00 bits per heavy atom. The van der Waals surface area contributed by atoms with E-state index in [1.54, 1.807) is 12.1 Å². The molecule has 0 spiro atoms. The standard InChI is InChI=1S/C18H26FNO2/c1-13(6-9-15-4-2-3-5-17(15)19)18(22)20-16-10-7-14(12-21)8-11-16/h2-5,13-14,16,21H,6-12H2,1H3,(H,20,22). The minimum absolute atomic E-state index is 0.0591. The molecular formula is C18H26FNO2. The van der Waals surface area contributed by atoms with Gasteiger partial charge in [0.15, 0.2) is 0 Å². The topological polar surface area (TPSA) is 49.3 Å². The van der Waals surface area contributed by atoms with Crippen LogP contribution in [0.5, 0.6) is 0 Å². The van der Waals surface area contributed by atoms with Gasteiger partial charge >= 0.3 is 0 Å². The highest BCUT2D eigenvalue weighted by atomic mass is 19.1. The van der Waals surface area contributed by atoms with Crippen LogP contribution in [0.1, 0.15) is 44.6 Å². The van der Waals surface area contributed by atoms with Gasteiger partial charge in [0.1, 0.15) is 5.82 Å². The van der Waals surface area contributed by atoms with Crippen LogP contribution < -0.4 is 5.32 Å². The van der Waals surface area contributed by atoms with Gasteiger partial charge < -0.3 is 10.4 Å². The highest BCUT2D eigenvalue weighted by Gasteiger charge is 2.23. The van der Waals surface area contributed by atoms with Crippen molar-refractivity contribution in [3.63, 3.8) is 0 Å². The highest BCUT2D eigenvalue weighted by Crippen LogP contribution is 2.24. The van der Waals surface area contributed by atoms with E-state index in [0.717, 1.165) is 25.7 Å². The van der Waals surface area contributed by atoms with Gasteiger partial charge in [-0.2, -0.15) is 0 Å². The second kappa shape index (κ2) is 8.28. The molecule has 1 aliphatic rings. The number of nitrogens with one attached hydrogen (secondary N) is 1. The smallest absolute Gasteiger partial charge is 0.223 e. The number of carbonyl (C=O) groups excluding carboxylic acids is 1. The third-order valence-corrected chi connectivity index (χ3v) is 4.70. The van der Waals surface area contributed by atoms with Crippen molar-refractivity contribution in [3.8, 4) is 0 Å². The van der Waals surface area contributed by atoms with Gasteiger partial charge in [-0.3, -0.25) is 4.79 Å². The average molecular weight is 307 g/mol. The van der Waals surface area contributed by atoms with E-state index in [9.17, 15) is 9.18 Å². The van der Waals surface area contributed by atoms with Crippen LogP contribution in [-0.4, -0.2) is 23.7 Å². The first-order valence-electron chi connectivity index (χ1n) is 8.24. The lowest BCUT2D eigenvalue weighted by molar-refractivity contribution is -0.125. The largest absolute Gasteiger partial charge is 0.396 e. The van der Waals surface area contributed by atoms with Gasteiger partial charge in [0.2, 0.25) is 5.91 Å². The Hall–Kier alpha value is -1.42. The van der Waals surface area contributed by atoms with Crippen LogP contribution in [-0.2, 0) is 11.2 Å². The van der Waals surface area contributed by atoms with E-state index < -0.39 is 0 Å². The summed E-state index contributed by atoms with van der Waals surface area (Å²) in [5, 5.41) is 12.2. The second-order valence-electron chi connectivity index (χ2n) is 6.44. The van der Waals surface area contributed by atoms with Crippen LogP contribution in [0.25, 0.3) is 0 Å². The average Bonchev–Trinajstić information content (AvgIpc) is 2.54. The number of aliphatic hydroxyl groups excluding tert-OH is 1. The van der Waals surface area contributed by atoms with Gasteiger partial charge in [-0.1, -0.05) is 25.1 Å². The molecule has 1 aliphatic carbocycles. The predicted molar refractivity (Wildman–Crippen MR) is 84.9 cm³/mol. The van der Waals surface area contributed by atoms with E-state index in [-0.39, 0.29) is 30.3 Å². The van der Waals surface area contributed by atoms with Crippen molar-refractivity contribution in [2.24, 2.45) is 11.8 Å². The number of rotatable bonds is 6. The Morgan fingerprint density at radius 3 is 2.64 bits per heavy atom. The van der Waals surface area contributed by atoms with E-state index in [2.05, 4.69) is 5.32 Å². The van der Waals surface area contributed by atoms with Crippen molar-refractivity contribution in [1.29, 1.82) is 0 Å². The van der Waals surface area contributed by atoms with E-state index in [1.165, 1.54) is 6.07 Å². The maximum atomic E-state index is 13.6. The van der Waals surface area contributed by atoms with Crippen molar-refractivity contribution in [1.82, 2.24) is 5.32 Å². The molecule has 1 amide bonds. The van der Waals surface area contributed by atoms with E-state index in [1.807, 2.05) is 13.0 Å². The number of carbonyl (C=O) groups is 1. The first-order chi connectivity index (χ1) is 10.6. The summed E-state index contributed by atoms with van der Waals surface area (Å²) in [6.07, 6.45) is 5.07. The summed E-state index contributed by atoms with van der Waals surface area (Å²) in [6, 6.07) is 6.96. The first kappa shape index (κ1) is 16.9. The number of benzene rings is 1. The molecule has 1 unspecified atom stereocenters. The minimum atomic E-state index is -0.197. The van der Waals surface area contributed by atoms with Crippen molar-refractivity contribution < 1.29 is 14.3 Å². The molecule has 4 heteroatoms. The van der Waals surface area contributed by atoms with Crippen LogP contribution in [0.15, 0.2) is 24.3 Å². The van der Waals surface area contributed by atoms with Gasteiger partial charge in [-0.25, -0.2) is 4.39 Å². The van der Waals surface area contributed by atoms with Gasteiger partial charge in [0.05, 0.1) is 0 Å². The molecule has 0 heterocycles. The zero-order valence-corrected chi connectivity index (χ0v) is 13.2. The molecule has 1 fully saturated rings. The normalized spacial score (nSPS) is 23.0. The lowest BCUT2D eigenvalue weighted by atomic mass is 9.86. The summed E-state index contributed by atoms with van der Waals surface area (Å²) >= 11 is 0. The molecule has 1 aromatic rings. The number of aryl methyl sites for hydroxylation is 1. The number of aliphatic hydroxyl groups is 1. The molecule has 0 saturated heterocycles. The van der Waals surface area contributed by atoms with E-state index >= 15 is 0 Å². The Kier molecular flexibility index (Phi) is 6.37. The highest BCUT2D eigenvalue weighted by molar-refractivity contribution is 5.78. The third-order valence-electron chi connectivity index (χ3n) is 4.70. The molecular weight excluding hydrogens is 281 g/mol. The molecule has 2 rings (SSSR count). The zero-order valence-electron chi connectivity index (χ0n) is 13.2. The summed E-state index contributed by atoms with van der Waals surface area (Å²) in [5.74, 6) is 0.142. The quantitative estimate of drug-likeness (QED) is 0.848. The summed E-state index contributed by atoms with van der Waals surface area (Å²) < 4.78 is 13.6. The van der Waals surface area contributed by atoms with Crippen molar-refractivity contribution in [2.75, 3.05) is 6.61 Å². The fourth-order valence-electron chi connectivity index (χ4n) is 3.04. The molecule has 3 nitrogen and oxygen atoms in total. The molecule has 1 saturated carbocycles. The van der Waals surface area contributed by atoms with Gasteiger partial charge in [0, 0.05) is 18.6 Å². The summed E-state index contributed by atoms with van der Waals surface area (Å²) in [7, 11) is 0. The number of amides is 1. The molecule has 1 atom stereocenters. The van der Waals surface area contributed by atoms with Crippen LogP contribution >= 0.6 is 0 Å². The zero-order chi connectivity index (χ0) is 15.9. The van der Waals surface area contributed by atoms with Crippen molar-refractivity contribution in [2.45, 2.75) is 51.5 Å². The SMILES string of the molecule is CC(CCc1ccccc1F)C(=O)NC1CCC(CO)CC1. The van der Waals surface area contributed by atoms with Crippen molar-refractivity contribution >= 4 is 5.91 Å². The summed E-state index contributed by atoms with van der Waals surface area (Å²) in [5.41, 5.74) is 0.672. The molecule has 2 N–H and O–H groups in total.